The Kier molecular flexibility index (Phi) is 2.74. The molecule has 0 heterocycles. The molecule has 1 aromatic carbocycles. The molecule has 0 amide bonds. The number of rotatable bonds is 5. The van der Waals surface area contributed by atoms with Gasteiger partial charge in [-0.05, 0) is 49.1 Å². The molecular weight excluding hydrogens is 250 g/mol. The number of halogens is 1. The maximum atomic E-state index is 11.2. The summed E-state index contributed by atoms with van der Waals surface area (Å²) in [6.07, 6.45) is 5.22. The lowest BCUT2D eigenvalue weighted by Gasteiger charge is -2.17. The maximum absolute atomic E-state index is 11.2. The van der Waals surface area contributed by atoms with E-state index in [1.165, 1.54) is 25.7 Å². The summed E-state index contributed by atoms with van der Waals surface area (Å²) in [5.41, 5.74) is 1.27. The van der Waals surface area contributed by atoms with E-state index in [2.05, 4.69) is 5.32 Å². The zero-order valence-electron chi connectivity index (χ0n) is 10.1. The fourth-order valence-corrected chi connectivity index (χ4v) is 3.00. The average Bonchev–Trinajstić information content (AvgIpc) is 3.17. The summed E-state index contributed by atoms with van der Waals surface area (Å²) in [5.74, 6) is -0.114. The molecule has 0 aromatic heterocycles. The topological polar surface area (TPSA) is 49.3 Å². The molecule has 2 saturated carbocycles. The molecule has 3 nitrogen and oxygen atoms in total. The van der Waals surface area contributed by atoms with Crippen molar-refractivity contribution in [3.63, 3.8) is 0 Å². The highest BCUT2D eigenvalue weighted by molar-refractivity contribution is 6.34. The largest absolute Gasteiger partial charge is 0.478 e. The standard InChI is InChI=1S/C14H16ClNO2/c15-10-2-1-3-11(12(10)13(17)18)16-8-14(6-7-14)9-4-5-9/h1-3,9,16H,4-8H2,(H,17,18). The van der Waals surface area contributed by atoms with Crippen LogP contribution in [0.25, 0.3) is 0 Å². The number of hydrogen-bond donors (Lipinski definition) is 2. The number of nitrogens with one attached hydrogen (secondary N) is 1. The van der Waals surface area contributed by atoms with Gasteiger partial charge in [-0.3, -0.25) is 0 Å². The molecule has 0 unspecified atom stereocenters. The number of carbonyl (C=O) groups is 1. The van der Waals surface area contributed by atoms with Gasteiger partial charge >= 0.3 is 5.97 Å². The summed E-state index contributed by atoms with van der Waals surface area (Å²) in [7, 11) is 0. The average molecular weight is 266 g/mol. The van der Waals surface area contributed by atoms with E-state index in [0.29, 0.717) is 16.1 Å². The Bertz CT molecular complexity index is 493. The van der Waals surface area contributed by atoms with Crippen LogP contribution in [0.5, 0.6) is 0 Å². The maximum Gasteiger partial charge on any atom is 0.339 e. The van der Waals surface area contributed by atoms with Gasteiger partial charge in [0, 0.05) is 6.54 Å². The van der Waals surface area contributed by atoms with E-state index in [-0.39, 0.29) is 5.56 Å². The lowest BCUT2D eigenvalue weighted by Crippen LogP contribution is -2.19. The predicted octanol–water partition coefficient (Wildman–Crippen LogP) is 3.64. The van der Waals surface area contributed by atoms with Crippen molar-refractivity contribution in [3.8, 4) is 0 Å². The first kappa shape index (κ1) is 11.8. The van der Waals surface area contributed by atoms with Gasteiger partial charge in [-0.1, -0.05) is 17.7 Å². The van der Waals surface area contributed by atoms with E-state index < -0.39 is 5.97 Å². The van der Waals surface area contributed by atoms with Crippen molar-refractivity contribution < 1.29 is 9.90 Å². The second-order valence-corrected chi connectivity index (χ2v) is 5.86. The molecule has 2 N–H and O–H groups in total. The molecule has 18 heavy (non-hydrogen) atoms. The molecule has 2 aliphatic rings. The third-order valence-electron chi connectivity index (χ3n) is 4.19. The summed E-state index contributed by atoms with van der Waals surface area (Å²) < 4.78 is 0. The Morgan fingerprint density at radius 1 is 1.44 bits per heavy atom. The summed E-state index contributed by atoms with van der Waals surface area (Å²) in [4.78, 5) is 11.2. The van der Waals surface area contributed by atoms with Gasteiger partial charge in [0.25, 0.3) is 0 Å². The van der Waals surface area contributed by atoms with Crippen molar-refractivity contribution in [1.29, 1.82) is 0 Å². The van der Waals surface area contributed by atoms with Crippen molar-refractivity contribution in [2.75, 3.05) is 11.9 Å². The van der Waals surface area contributed by atoms with Crippen molar-refractivity contribution in [2.45, 2.75) is 25.7 Å². The zero-order valence-corrected chi connectivity index (χ0v) is 10.8. The van der Waals surface area contributed by atoms with Gasteiger partial charge in [0.15, 0.2) is 0 Å². The van der Waals surface area contributed by atoms with Crippen molar-refractivity contribution in [3.05, 3.63) is 28.8 Å². The van der Waals surface area contributed by atoms with Gasteiger partial charge < -0.3 is 10.4 Å². The van der Waals surface area contributed by atoms with Crippen LogP contribution < -0.4 is 5.32 Å². The molecule has 0 aliphatic heterocycles. The highest BCUT2D eigenvalue weighted by Crippen LogP contribution is 2.61. The number of anilines is 1. The molecule has 3 rings (SSSR count). The van der Waals surface area contributed by atoms with Gasteiger partial charge in [-0.2, -0.15) is 0 Å². The van der Waals surface area contributed by atoms with Crippen LogP contribution in [-0.2, 0) is 0 Å². The van der Waals surface area contributed by atoms with Crippen LogP contribution >= 0.6 is 11.6 Å². The normalized spacial score (nSPS) is 20.5. The Labute approximate surface area is 111 Å². The number of carboxylic acid groups (broad SMARTS) is 1. The number of aromatic carboxylic acids is 1. The minimum absolute atomic E-state index is 0.186. The fraction of sp³-hybridized carbons (Fsp3) is 0.500. The summed E-state index contributed by atoms with van der Waals surface area (Å²) in [5, 5.41) is 12.8. The summed E-state index contributed by atoms with van der Waals surface area (Å²) >= 11 is 5.94. The number of hydrogen-bond acceptors (Lipinski definition) is 2. The summed E-state index contributed by atoms with van der Waals surface area (Å²) in [6, 6.07) is 5.19. The van der Waals surface area contributed by atoms with Crippen LogP contribution in [0.4, 0.5) is 5.69 Å². The van der Waals surface area contributed by atoms with Crippen molar-refractivity contribution in [2.24, 2.45) is 11.3 Å². The zero-order chi connectivity index (χ0) is 12.8. The first-order chi connectivity index (χ1) is 8.62. The second kappa shape index (κ2) is 4.16. The van der Waals surface area contributed by atoms with Gasteiger partial charge in [-0.15, -0.1) is 0 Å². The van der Waals surface area contributed by atoms with Crippen LogP contribution in [0.3, 0.4) is 0 Å². The smallest absolute Gasteiger partial charge is 0.339 e. The predicted molar refractivity (Wildman–Crippen MR) is 71.3 cm³/mol. The minimum Gasteiger partial charge on any atom is -0.478 e. The molecule has 2 fully saturated rings. The van der Waals surface area contributed by atoms with E-state index in [0.717, 1.165) is 12.5 Å². The van der Waals surface area contributed by atoms with E-state index >= 15 is 0 Å². The lowest BCUT2D eigenvalue weighted by molar-refractivity contribution is 0.0698. The van der Waals surface area contributed by atoms with E-state index in [9.17, 15) is 9.90 Å². The Balaban J connectivity index is 1.76. The molecular formula is C14H16ClNO2. The van der Waals surface area contributed by atoms with Gasteiger partial charge in [0.05, 0.1) is 10.7 Å². The highest BCUT2D eigenvalue weighted by Gasteiger charge is 2.53. The molecule has 0 saturated heterocycles. The van der Waals surface area contributed by atoms with Crippen LogP contribution in [0, 0.1) is 11.3 Å². The van der Waals surface area contributed by atoms with E-state index in [1.807, 2.05) is 0 Å². The third kappa shape index (κ3) is 2.07. The quantitative estimate of drug-likeness (QED) is 0.855. The van der Waals surface area contributed by atoms with Crippen molar-refractivity contribution in [1.82, 2.24) is 0 Å². The van der Waals surface area contributed by atoms with E-state index in [4.69, 9.17) is 11.6 Å². The molecule has 2 aliphatic carbocycles. The summed E-state index contributed by atoms with van der Waals surface area (Å²) in [6.45, 7) is 0.873. The SMILES string of the molecule is O=C(O)c1c(Cl)cccc1NCC1(C2CC2)CC1. The molecule has 0 bridgehead atoms. The molecule has 0 atom stereocenters. The first-order valence-corrected chi connectivity index (χ1v) is 6.76. The van der Waals surface area contributed by atoms with Gasteiger partial charge in [-0.25, -0.2) is 4.79 Å². The Morgan fingerprint density at radius 2 is 2.17 bits per heavy atom. The second-order valence-electron chi connectivity index (χ2n) is 5.46. The van der Waals surface area contributed by atoms with E-state index in [1.54, 1.807) is 18.2 Å². The fourth-order valence-electron chi connectivity index (χ4n) is 2.75. The van der Waals surface area contributed by atoms with Crippen LogP contribution in [0.2, 0.25) is 5.02 Å². The van der Waals surface area contributed by atoms with Crippen LogP contribution in [0.15, 0.2) is 18.2 Å². The molecule has 0 radical (unpaired) electrons. The minimum atomic E-state index is -0.973. The number of carboxylic acids is 1. The monoisotopic (exact) mass is 265 g/mol. The van der Waals surface area contributed by atoms with Crippen LogP contribution in [-0.4, -0.2) is 17.6 Å². The first-order valence-electron chi connectivity index (χ1n) is 6.38. The molecule has 96 valence electrons. The van der Waals surface area contributed by atoms with Gasteiger partial charge in [0.2, 0.25) is 0 Å². The lowest BCUT2D eigenvalue weighted by atomic mass is 10.0. The number of benzene rings is 1. The molecule has 0 spiro atoms. The van der Waals surface area contributed by atoms with Gasteiger partial charge in [0.1, 0.15) is 5.56 Å². The molecule has 4 heteroatoms. The highest BCUT2D eigenvalue weighted by atomic mass is 35.5. The Morgan fingerprint density at radius 3 is 2.72 bits per heavy atom. The third-order valence-corrected chi connectivity index (χ3v) is 4.51. The van der Waals surface area contributed by atoms with Crippen LogP contribution in [0.1, 0.15) is 36.0 Å². The van der Waals surface area contributed by atoms with Crippen molar-refractivity contribution >= 4 is 23.3 Å². The molecule has 1 aromatic rings. The Hall–Kier alpha value is -1.22.